The molecule has 0 aliphatic carbocycles. The van der Waals surface area contributed by atoms with Gasteiger partial charge in [-0.2, -0.15) is 0 Å². The average molecular weight is 400 g/mol. The van der Waals surface area contributed by atoms with E-state index >= 15 is 0 Å². The zero-order chi connectivity index (χ0) is 20.9. The van der Waals surface area contributed by atoms with E-state index in [0.29, 0.717) is 41.5 Å². The van der Waals surface area contributed by atoms with Gasteiger partial charge in [-0.3, -0.25) is 18.7 Å². The van der Waals surface area contributed by atoms with Crippen LogP contribution in [-0.4, -0.2) is 48.2 Å². The zero-order valence-electron chi connectivity index (χ0n) is 16.9. The van der Waals surface area contributed by atoms with Crippen LogP contribution in [0.25, 0.3) is 11.2 Å². The molecule has 1 amide bonds. The number of rotatable bonds is 3. The lowest BCUT2D eigenvalue weighted by atomic mass is 9.97. The van der Waals surface area contributed by atoms with E-state index in [-0.39, 0.29) is 17.7 Å². The molecule has 0 aromatic carbocycles. The molecule has 3 aromatic rings. The summed E-state index contributed by atoms with van der Waals surface area (Å²) in [5.74, 6) is 1.21. The van der Waals surface area contributed by atoms with Gasteiger partial charge in [0.15, 0.2) is 11.3 Å². The third-order valence-corrected chi connectivity index (χ3v) is 5.52. The molecule has 1 unspecified atom stereocenters. The van der Waals surface area contributed by atoms with E-state index in [4.69, 9.17) is 4.52 Å². The molecule has 1 aliphatic heterocycles. The fraction of sp³-hybridized carbons (Fsp3) is 0.526. The number of hydrogen-bond acceptors (Lipinski definition) is 6. The standard InChI is InChI=1S/C19H24N6O4/c1-10(2)13-8-12(22-29-13)17(26)25-7-5-6-11(9-25)15-20-14-16(21-15)23(3)19(28)24(4)18(14)27/h8,10-11H,5-7,9H2,1-4H3,(H,20,21). The lowest BCUT2D eigenvalue weighted by Gasteiger charge is -2.31. The van der Waals surface area contributed by atoms with Gasteiger partial charge in [0.05, 0.1) is 0 Å². The van der Waals surface area contributed by atoms with Gasteiger partial charge in [0.1, 0.15) is 17.1 Å². The van der Waals surface area contributed by atoms with Crippen LogP contribution in [0.3, 0.4) is 0 Å². The van der Waals surface area contributed by atoms with Gasteiger partial charge in [-0.05, 0) is 12.8 Å². The van der Waals surface area contributed by atoms with Crippen molar-refractivity contribution in [2.75, 3.05) is 13.1 Å². The van der Waals surface area contributed by atoms with Crippen molar-refractivity contribution in [1.29, 1.82) is 0 Å². The van der Waals surface area contributed by atoms with Crippen molar-refractivity contribution < 1.29 is 9.32 Å². The summed E-state index contributed by atoms with van der Waals surface area (Å²) in [6, 6.07) is 1.69. The van der Waals surface area contributed by atoms with E-state index in [2.05, 4.69) is 15.1 Å². The lowest BCUT2D eigenvalue weighted by molar-refractivity contribution is 0.0694. The van der Waals surface area contributed by atoms with Crippen LogP contribution in [0.2, 0.25) is 0 Å². The molecule has 4 heterocycles. The summed E-state index contributed by atoms with van der Waals surface area (Å²) in [4.78, 5) is 46.7. The normalized spacial score (nSPS) is 17.4. The monoisotopic (exact) mass is 400 g/mol. The smallest absolute Gasteiger partial charge is 0.332 e. The van der Waals surface area contributed by atoms with E-state index in [1.165, 1.54) is 11.6 Å². The Labute approximate surface area is 166 Å². The van der Waals surface area contributed by atoms with Gasteiger partial charge in [-0.25, -0.2) is 9.78 Å². The Hall–Kier alpha value is -3.17. The number of nitrogens with zero attached hydrogens (tertiary/aromatic N) is 5. The van der Waals surface area contributed by atoms with E-state index < -0.39 is 11.2 Å². The summed E-state index contributed by atoms with van der Waals surface area (Å²) in [5, 5.41) is 3.92. The molecule has 1 atom stereocenters. The highest BCUT2D eigenvalue weighted by Gasteiger charge is 2.30. The Morgan fingerprint density at radius 1 is 1.28 bits per heavy atom. The summed E-state index contributed by atoms with van der Waals surface area (Å²) in [6.07, 6.45) is 1.63. The van der Waals surface area contributed by atoms with E-state index in [1.54, 1.807) is 18.0 Å². The average Bonchev–Trinajstić information content (AvgIpc) is 3.38. The number of aryl methyl sites for hydroxylation is 1. The number of fused-ring (bicyclic) bond motifs is 1. The Morgan fingerprint density at radius 3 is 2.72 bits per heavy atom. The first-order valence-electron chi connectivity index (χ1n) is 9.69. The quantitative estimate of drug-likeness (QED) is 0.703. The second kappa shape index (κ2) is 7.02. The Bertz CT molecular complexity index is 1200. The fourth-order valence-corrected chi connectivity index (χ4v) is 3.75. The van der Waals surface area contributed by atoms with Crippen LogP contribution in [0.1, 0.15) is 60.6 Å². The molecule has 0 radical (unpaired) electrons. The molecule has 3 aromatic heterocycles. The summed E-state index contributed by atoms with van der Waals surface area (Å²) >= 11 is 0. The molecule has 10 heteroatoms. The third kappa shape index (κ3) is 3.18. The van der Waals surface area contributed by atoms with E-state index in [9.17, 15) is 14.4 Å². The molecular weight excluding hydrogens is 376 g/mol. The van der Waals surface area contributed by atoms with E-state index in [0.717, 1.165) is 17.4 Å². The van der Waals surface area contributed by atoms with Crippen LogP contribution in [0.4, 0.5) is 0 Å². The van der Waals surface area contributed by atoms with Gasteiger partial charge < -0.3 is 14.4 Å². The van der Waals surface area contributed by atoms with Crippen molar-refractivity contribution in [3.8, 4) is 0 Å². The molecule has 0 spiro atoms. The first-order valence-corrected chi connectivity index (χ1v) is 9.69. The summed E-state index contributed by atoms with van der Waals surface area (Å²) in [7, 11) is 3.03. The molecule has 1 N–H and O–H groups in total. The summed E-state index contributed by atoms with van der Waals surface area (Å²) < 4.78 is 7.66. The molecule has 10 nitrogen and oxygen atoms in total. The number of nitrogens with one attached hydrogen (secondary N) is 1. The first-order chi connectivity index (χ1) is 13.8. The number of imidazole rings is 1. The van der Waals surface area contributed by atoms with Gasteiger partial charge in [0, 0.05) is 45.1 Å². The largest absolute Gasteiger partial charge is 0.360 e. The van der Waals surface area contributed by atoms with Crippen LogP contribution in [0.15, 0.2) is 20.2 Å². The first kappa shape index (κ1) is 19.2. The van der Waals surface area contributed by atoms with Crippen LogP contribution in [0, 0.1) is 0 Å². The Kier molecular flexibility index (Phi) is 4.64. The number of aromatic amines is 1. The molecule has 1 saturated heterocycles. The fourth-order valence-electron chi connectivity index (χ4n) is 3.75. The second-order valence-electron chi connectivity index (χ2n) is 7.89. The van der Waals surface area contributed by atoms with E-state index in [1.807, 2.05) is 13.8 Å². The predicted molar refractivity (Wildman–Crippen MR) is 105 cm³/mol. The van der Waals surface area contributed by atoms with Crippen molar-refractivity contribution >= 4 is 17.1 Å². The molecule has 4 rings (SSSR count). The number of hydrogen-bond donors (Lipinski definition) is 1. The Balaban J connectivity index is 1.62. The topological polar surface area (TPSA) is 119 Å². The molecular formula is C19H24N6O4. The third-order valence-electron chi connectivity index (χ3n) is 5.52. The zero-order valence-corrected chi connectivity index (χ0v) is 16.9. The van der Waals surface area contributed by atoms with Crippen molar-refractivity contribution in [3.05, 3.63) is 44.2 Å². The van der Waals surface area contributed by atoms with Gasteiger partial charge >= 0.3 is 5.69 Å². The Morgan fingerprint density at radius 2 is 2.03 bits per heavy atom. The molecule has 0 saturated carbocycles. The van der Waals surface area contributed by atoms with Crippen molar-refractivity contribution in [2.24, 2.45) is 14.1 Å². The number of carbonyl (C=O) groups excluding carboxylic acids is 1. The molecule has 0 bridgehead atoms. The maximum Gasteiger partial charge on any atom is 0.332 e. The second-order valence-corrected chi connectivity index (χ2v) is 7.89. The summed E-state index contributed by atoms with van der Waals surface area (Å²) in [6.45, 7) is 5.03. The molecule has 1 fully saturated rings. The number of likely N-dealkylation sites (tertiary alicyclic amines) is 1. The number of piperidine rings is 1. The lowest BCUT2D eigenvalue weighted by Crippen LogP contribution is -2.39. The highest BCUT2D eigenvalue weighted by Crippen LogP contribution is 2.27. The number of aromatic nitrogens is 5. The number of carbonyl (C=O) groups is 1. The molecule has 154 valence electrons. The van der Waals surface area contributed by atoms with Crippen molar-refractivity contribution in [2.45, 2.75) is 38.5 Å². The summed E-state index contributed by atoms with van der Waals surface area (Å²) in [5.41, 5.74) is 0.0957. The molecule has 1 aliphatic rings. The maximum absolute atomic E-state index is 12.9. The van der Waals surface area contributed by atoms with Crippen molar-refractivity contribution in [3.63, 3.8) is 0 Å². The van der Waals surface area contributed by atoms with Gasteiger partial charge in [-0.15, -0.1) is 0 Å². The molecule has 29 heavy (non-hydrogen) atoms. The van der Waals surface area contributed by atoms with Crippen LogP contribution >= 0.6 is 0 Å². The van der Waals surface area contributed by atoms with Gasteiger partial charge in [0.2, 0.25) is 0 Å². The predicted octanol–water partition coefficient (Wildman–Crippen LogP) is 1.09. The minimum absolute atomic E-state index is 0.0589. The van der Waals surface area contributed by atoms with Gasteiger partial charge in [-0.1, -0.05) is 19.0 Å². The maximum atomic E-state index is 12.9. The number of amides is 1. The SMILES string of the molecule is CC(C)c1cc(C(=O)N2CCCC(c3nc4c([nH]3)c(=O)n(C)c(=O)n4C)C2)no1. The van der Waals surface area contributed by atoms with Crippen LogP contribution in [-0.2, 0) is 14.1 Å². The van der Waals surface area contributed by atoms with Crippen molar-refractivity contribution in [1.82, 2.24) is 29.2 Å². The van der Waals surface area contributed by atoms with Crippen LogP contribution in [0.5, 0.6) is 0 Å². The number of H-pyrrole nitrogens is 1. The highest BCUT2D eigenvalue weighted by molar-refractivity contribution is 5.92. The minimum Gasteiger partial charge on any atom is -0.360 e. The highest BCUT2D eigenvalue weighted by atomic mass is 16.5. The van der Waals surface area contributed by atoms with Crippen LogP contribution < -0.4 is 11.2 Å². The van der Waals surface area contributed by atoms with Gasteiger partial charge in [0.25, 0.3) is 11.5 Å². The minimum atomic E-state index is -0.423.